The predicted octanol–water partition coefficient (Wildman–Crippen LogP) is 2.57. The van der Waals surface area contributed by atoms with Crippen molar-refractivity contribution in [2.45, 2.75) is 52.0 Å². The summed E-state index contributed by atoms with van der Waals surface area (Å²) in [7, 11) is 0. The average Bonchev–Trinajstić information content (AvgIpc) is 3.12. The van der Waals surface area contributed by atoms with Gasteiger partial charge < -0.3 is 15.4 Å². The van der Waals surface area contributed by atoms with Crippen LogP contribution in [0.2, 0.25) is 0 Å². The number of rotatable bonds is 7. The summed E-state index contributed by atoms with van der Waals surface area (Å²) in [5.41, 5.74) is 0.852. The molecule has 0 unspecified atom stereocenters. The highest BCUT2D eigenvalue weighted by Gasteiger charge is 2.27. The van der Waals surface area contributed by atoms with Crippen molar-refractivity contribution in [1.82, 2.24) is 25.2 Å². The molecule has 0 spiro atoms. The van der Waals surface area contributed by atoms with Crippen molar-refractivity contribution < 1.29 is 9.53 Å². The highest BCUT2D eigenvalue weighted by Crippen LogP contribution is 2.25. The van der Waals surface area contributed by atoms with Crippen molar-refractivity contribution in [3.05, 3.63) is 30.2 Å². The number of esters is 1. The maximum Gasteiger partial charge on any atom is 0.308 e. The Labute approximate surface area is 188 Å². The minimum atomic E-state index is -0.0537. The zero-order valence-corrected chi connectivity index (χ0v) is 19.5. The molecule has 2 aromatic heterocycles. The molecule has 0 atom stereocenters. The Morgan fingerprint density at radius 2 is 2.03 bits per heavy atom. The van der Waals surface area contributed by atoms with E-state index in [2.05, 4.69) is 27.8 Å². The molecule has 2 N–H and O–H groups in total. The lowest BCUT2D eigenvalue weighted by Crippen LogP contribution is -2.45. The van der Waals surface area contributed by atoms with Crippen molar-refractivity contribution in [2.24, 2.45) is 10.9 Å². The maximum atomic E-state index is 11.9. The fourth-order valence-electron chi connectivity index (χ4n) is 3.58. The van der Waals surface area contributed by atoms with Gasteiger partial charge in [-0.1, -0.05) is 6.07 Å². The second-order valence-corrected chi connectivity index (χ2v) is 7.00. The van der Waals surface area contributed by atoms with E-state index in [1.54, 1.807) is 0 Å². The summed E-state index contributed by atoms with van der Waals surface area (Å²) >= 11 is 0. The van der Waals surface area contributed by atoms with Gasteiger partial charge in [0.25, 0.3) is 0 Å². The van der Waals surface area contributed by atoms with Crippen LogP contribution in [-0.4, -0.2) is 52.3 Å². The smallest absolute Gasteiger partial charge is 0.308 e. The van der Waals surface area contributed by atoms with Gasteiger partial charge in [0.05, 0.1) is 12.5 Å². The number of aromatic nitrogens is 3. The molecule has 0 saturated heterocycles. The quantitative estimate of drug-likeness (QED) is 0.256. The summed E-state index contributed by atoms with van der Waals surface area (Å²) in [6.07, 6.45) is 6.31. The van der Waals surface area contributed by atoms with Gasteiger partial charge in [-0.3, -0.25) is 14.2 Å². The molecule has 0 aromatic carbocycles. The molecule has 8 nitrogen and oxygen atoms in total. The summed E-state index contributed by atoms with van der Waals surface area (Å²) in [6.45, 7) is 5.80. The van der Waals surface area contributed by atoms with Crippen LogP contribution in [-0.2, 0) is 16.0 Å². The Balaban J connectivity index is 0.00000300. The summed E-state index contributed by atoms with van der Waals surface area (Å²) in [6, 6.07) is 6.20. The lowest BCUT2D eigenvalue weighted by Gasteiger charge is -2.29. The van der Waals surface area contributed by atoms with Gasteiger partial charge in [-0.15, -0.1) is 34.2 Å². The number of ether oxygens (including phenoxy) is 1. The topological polar surface area (TPSA) is 92.9 Å². The summed E-state index contributed by atoms with van der Waals surface area (Å²) in [5, 5.41) is 15.2. The Bertz CT molecular complexity index is 801. The second-order valence-electron chi connectivity index (χ2n) is 7.00. The Morgan fingerprint density at radius 3 is 2.76 bits per heavy atom. The number of nitrogens with zero attached hydrogens (tertiary/aromatic N) is 4. The van der Waals surface area contributed by atoms with Crippen molar-refractivity contribution in [3.8, 4) is 0 Å². The Hall–Kier alpha value is -1.91. The molecule has 1 aliphatic carbocycles. The van der Waals surface area contributed by atoms with E-state index in [4.69, 9.17) is 9.73 Å². The SMILES string of the molecule is CCNC(=NCCc1nnc2ccccn12)NC1CCC(C(=O)OCC)CC1.I. The van der Waals surface area contributed by atoms with Crippen LogP contribution in [0.25, 0.3) is 5.65 Å². The molecule has 0 radical (unpaired) electrons. The number of hydrogen-bond acceptors (Lipinski definition) is 5. The van der Waals surface area contributed by atoms with Crippen LogP contribution in [0.4, 0.5) is 0 Å². The number of halogens is 1. The Morgan fingerprint density at radius 1 is 1.24 bits per heavy atom. The number of aliphatic imine (C=N–C) groups is 1. The predicted molar refractivity (Wildman–Crippen MR) is 124 cm³/mol. The highest BCUT2D eigenvalue weighted by molar-refractivity contribution is 14.0. The van der Waals surface area contributed by atoms with E-state index in [1.165, 1.54) is 0 Å². The summed E-state index contributed by atoms with van der Waals surface area (Å²) in [4.78, 5) is 16.6. The minimum Gasteiger partial charge on any atom is -0.466 e. The number of nitrogens with one attached hydrogen (secondary N) is 2. The molecule has 0 bridgehead atoms. The first-order valence-corrected chi connectivity index (χ1v) is 10.2. The van der Waals surface area contributed by atoms with Crippen LogP contribution in [0.15, 0.2) is 29.4 Å². The van der Waals surface area contributed by atoms with Gasteiger partial charge in [-0.2, -0.15) is 0 Å². The molecule has 0 amide bonds. The van der Waals surface area contributed by atoms with Crippen LogP contribution >= 0.6 is 24.0 Å². The number of carbonyl (C=O) groups excluding carboxylic acids is 1. The first-order chi connectivity index (χ1) is 13.7. The van der Waals surface area contributed by atoms with Crippen LogP contribution in [0.3, 0.4) is 0 Å². The molecule has 9 heteroatoms. The van der Waals surface area contributed by atoms with Crippen LogP contribution < -0.4 is 10.6 Å². The molecule has 0 aliphatic heterocycles. The van der Waals surface area contributed by atoms with E-state index in [-0.39, 0.29) is 35.9 Å². The zero-order chi connectivity index (χ0) is 19.8. The third-order valence-corrected chi connectivity index (χ3v) is 5.02. The minimum absolute atomic E-state index is 0. The molecule has 29 heavy (non-hydrogen) atoms. The third-order valence-electron chi connectivity index (χ3n) is 5.02. The first-order valence-electron chi connectivity index (χ1n) is 10.2. The van der Waals surface area contributed by atoms with Crippen LogP contribution in [0.5, 0.6) is 0 Å². The largest absolute Gasteiger partial charge is 0.466 e. The van der Waals surface area contributed by atoms with Crippen molar-refractivity contribution in [3.63, 3.8) is 0 Å². The average molecular weight is 514 g/mol. The lowest BCUT2D eigenvalue weighted by molar-refractivity contribution is -0.149. The van der Waals surface area contributed by atoms with E-state index < -0.39 is 0 Å². The normalized spacial score (nSPS) is 19.4. The third kappa shape index (κ3) is 6.55. The molecular formula is C20H31IN6O2. The molecule has 1 aliphatic rings. The van der Waals surface area contributed by atoms with E-state index in [0.29, 0.717) is 19.2 Å². The van der Waals surface area contributed by atoms with Gasteiger partial charge in [0.15, 0.2) is 11.6 Å². The molecule has 160 valence electrons. The van der Waals surface area contributed by atoms with Gasteiger partial charge in [-0.05, 0) is 51.7 Å². The second kappa shape index (κ2) is 11.9. The number of fused-ring (bicyclic) bond motifs is 1. The monoisotopic (exact) mass is 514 g/mol. The first kappa shape index (κ1) is 23.4. The van der Waals surface area contributed by atoms with Crippen molar-refractivity contribution >= 4 is 41.6 Å². The van der Waals surface area contributed by atoms with E-state index >= 15 is 0 Å². The van der Waals surface area contributed by atoms with E-state index in [1.807, 2.05) is 35.7 Å². The fourth-order valence-corrected chi connectivity index (χ4v) is 3.58. The molecule has 1 saturated carbocycles. The van der Waals surface area contributed by atoms with Gasteiger partial charge >= 0.3 is 5.97 Å². The molecular weight excluding hydrogens is 483 g/mol. The van der Waals surface area contributed by atoms with Crippen LogP contribution in [0.1, 0.15) is 45.4 Å². The fraction of sp³-hybridized carbons (Fsp3) is 0.600. The van der Waals surface area contributed by atoms with Crippen molar-refractivity contribution in [1.29, 1.82) is 0 Å². The molecule has 2 heterocycles. The maximum absolute atomic E-state index is 11.9. The summed E-state index contributed by atoms with van der Waals surface area (Å²) in [5.74, 6) is 1.71. The van der Waals surface area contributed by atoms with Gasteiger partial charge in [-0.25, -0.2) is 0 Å². The lowest BCUT2D eigenvalue weighted by atomic mass is 9.86. The zero-order valence-electron chi connectivity index (χ0n) is 17.1. The van der Waals surface area contributed by atoms with Crippen molar-refractivity contribution in [2.75, 3.05) is 19.7 Å². The molecule has 3 rings (SSSR count). The van der Waals surface area contributed by atoms with Crippen LogP contribution in [0, 0.1) is 5.92 Å². The number of guanidine groups is 1. The molecule has 1 fully saturated rings. The Kier molecular flexibility index (Phi) is 9.62. The number of hydrogen-bond donors (Lipinski definition) is 2. The molecule has 2 aromatic rings. The number of pyridine rings is 1. The van der Waals surface area contributed by atoms with E-state index in [0.717, 1.165) is 56.1 Å². The standard InChI is InChI=1S/C20H30N6O2.HI/c1-3-21-20(23-16-10-8-15(9-11-16)19(27)28-4-2)22-13-12-18-25-24-17-7-5-6-14-26(17)18;/h5-7,14-16H,3-4,8-13H2,1-2H3,(H2,21,22,23);1H. The number of carbonyl (C=O) groups is 1. The van der Waals surface area contributed by atoms with Gasteiger partial charge in [0, 0.05) is 31.7 Å². The van der Waals surface area contributed by atoms with Gasteiger partial charge in [0.1, 0.15) is 5.82 Å². The summed E-state index contributed by atoms with van der Waals surface area (Å²) < 4.78 is 7.14. The van der Waals surface area contributed by atoms with Gasteiger partial charge in [0.2, 0.25) is 0 Å². The van der Waals surface area contributed by atoms with E-state index in [9.17, 15) is 4.79 Å². The highest BCUT2D eigenvalue weighted by atomic mass is 127.